The van der Waals surface area contributed by atoms with Crippen LogP contribution in [0.15, 0.2) is 56.7 Å². The van der Waals surface area contributed by atoms with Gasteiger partial charge in [-0.3, -0.25) is 14.3 Å². The molecule has 2 heterocycles. The maximum Gasteiger partial charge on any atom is 0.306 e. The van der Waals surface area contributed by atoms with E-state index in [0.717, 1.165) is 4.90 Å². The third kappa shape index (κ3) is 4.68. The molecule has 0 bridgehead atoms. The quantitative estimate of drug-likeness (QED) is 0.430. The van der Waals surface area contributed by atoms with Crippen molar-refractivity contribution in [2.75, 3.05) is 14.2 Å². The summed E-state index contributed by atoms with van der Waals surface area (Å²) in [4.78, 5) is 25.3. The molecule has 0 amide bonds. The summed E-state index contributed by atoms with van der Waals surface area (Å²) in [5.41, 5.74) is 0.0253. The van der Waals surface area contributed by atoms with Crippen LogP contribution in [0.1, 0.15) is 29.6 Å². The van der Waals surface area contributed by atoms with Crippen molar-refractivity contribution in [3.05, 3.63) is 70.0 Å². The maximum atomic E-state index is 12.4. The molecule has 3 aromatic rings. The van der Waals surface area contributed by atoms with Crippen LogP contribution in [-0.4, -0.2) is 35.1 Å². The normalized spacial score (nSPS) is 11.8. The Bertz CT molecular complexity index is 1090. The van der Waals surface area contributed by atoms with Crippen LogP contribution in [0.2, 0.25) is 0 Å². The highest BCUT2D eigenvalue weighted by molar-refractivity contribution is 7.98. The van der Waals surface area contributed by atoms with Gasteiger partial charge in [-0.2, -0.15) is 5.10 Å². The van der Waals surface area contributed by atoms with Gasteiger partial charge in [0.25, 0.3) is 0 Å². The summed E-state index contributed by atoms with van der Waals surface area (Å²) in [5, 5.41) is 14.5. The van der Waals surface area contributed by atoms with Gasteiger partial charge in [-0.15, -0.1) is 11.8 Å². The predicted octanol–water partition coefficient (Wildman–Crippen LogP) is 3.07. The first-order valence-corrected chi connectivity index (χ1v) is 10.1. The number of aromatic hydroxyl groups is 1. The monoisotopic (exact) mass is 430 g/mol. The first kappa shape index (κ1) is 21.5. The van der Waals surface area contributed by atoms with Gasteiger partial charge in [0.2, 0.25) is 11.2 Å². The summed E-state index contributed by atoms with van der Waals surface area (Å²) < 4.78 is 17.6. The van der Waals surface area contributed by atoms with Crippen LogP contribution in [0.4, 0.5) is 0 Å². The average molecular weight is 430 g/mol. The second-order valence-corrected chi connectivity index (χ2v) is 7.46. The summed E-state index contributed by atoms with van der Waals surface area (Å²) in [6.07, 6.45) is 1.45. The van der Waals surface area contributed by atoms with Crippen LogP contribution in [0.3, 0.4) is 0 Å². The predicted molar refractivity (Wildman–Crippen MR) is 111 cm³/mol. The van der Waals surface area contributed by atoms with Gasteiger partial charge in [0.15, 0.2) is 5.76 Å². The molecule has 8 nitrogen and oxygen atoms in total. The fraction of sp³-hybridized carbons (Fsp3) is 0.286. The SMILES string of the molecule is COC(=O)CC(c1oc(CSc2ccccc2OC)cc(=O)c1O)c1ccnn1C. The number of hydrogen-bond donors (Lipinski definition) is 1. The minimum Gasteiger partial charge on any atom is -0.502 e. The summed E-state index contributed by atoms with van der Waals surface area (Å²) in [7, 11) is 4.57. The molecule has 0 aliphatic carbocycles. The van der Waals surface area contributed by atoms with E-state index in [1.807, 2.05) is 24.3 Å². The van der Waals surface area contributed by atoms with E-state index in [0.29, 0.717) is 23.0 Å². The van der Waals surface area contributed by atoms with Gasteiger partial charge >= 0.3 is 5.97 Å². The van der Waals surface area contributed by atoms with Crippen molar-refractivity contribution in [3.8, 4) is 11.5 Å². The Hall–Kier alpha value is -3.20. The zero-order valence-corrected chi connectivity index (χ0v) is 17.6. The highest BCUT2D eigenvalue weighted by Gasteiger charge is 2.28. The molecule has 1 atom stereocenters. The van der Waals surface area contributed by atoms with E-state index in [9.17, 15) is 14.7 Å². The standard InChI is InChI=1S/C21H22N2O6S/c1-23-15(8-9-22-23)14(11-19(25)28-3)21-20(26)16(24)10-13(29-21)12-30-18-7-5-4-6-17(18)27-2/h4-10,14,26H,11-12H2,1-3H3. The van der Waals surface area contributed by atoms with Crippen molar-refractivity contribution in [1.29, 1.82) is 0 Å². The van der Waals surface area contributed by atoms with Crippen LogP contribution in [0.5, 0.6) is 11.5 Å². The Morgan fingerprint density at radius 1 is 1.30 bits per heavy atom. The van der Waals surface area contributed by atoms with E-state index >= 15 is 0 Å². The minimum atomic E-state index is -0.728. The molecule has 0 saturated carbocycles. The van der Waals surface area contributed by atoms with Crippen LogP contribution in [-0.2, 0) is 22.3 Å². The lowest BCUT2D eigenvalue weighted by Gasteiger charge is -2.17. The molecule has 158 valence electrons. The Morgan fingerprint density at radius 3 is 2.73 bits per heavy atom. The molecule has 3 rings (SSSR count). The number of aryl methyl sites for hydroxylation is 1. The molecule has 1 aromatic carbocycles. The molecule has 0 aliphatic rings. The third-order valence-electron chi connectivity index (χ3n) is 4.57. The molecule has 1 N–H and O–H groups in total. The fourth-order valence-electron chi connectivity index (χ4n) is 3.06. The highest BCUT2D eigenvalue weighted by Crippen LogP contribution is 2.35. The molecule has 0 radical (unpaired) electrons. The van der Waals surface area contributed by atoms with E-state index in [1.165, 1.54) is 24.9 Å². The maximum absolute atomic E-state index is 12.4. The van der Waals surface area contributed by atoms with E-state index in [1.54, 1.807) is 31.1 Å². The smallest absolute Gasteiger partial charge is 0.306 e. The number of esters is 1. The van der Waals surface area contributed by atoms with Crippen molar-refractivity contribution in [2.45, 2.75) is 23.0 Å². The lowest BCUT2D eigenvalue weighted by atomic mass is 9.97. The number of aromatic nitrogens is 2. The number of carbonyl (C=O) groups excluding carboxylic acids is 1. The number of methoxy groups -OCH3 is 2. The van der Waals surface area contributed by atoms with Gasteiger partial charge in [-0.25, -0.2) is 0 Å². The van der Waals surface area contributed by atoms with Crippen molar-refractivity contribution in [3.63, 3.8) is 0 Å². The van der Waals surface area contributed by atoms with Crippen molar-refractivity contribution in [2.24, 2.45) is 7.05 Å². The third-order valence-corrected chi connectivity index (χ3v) is 5.65. The van der Waals surface area contributed by atoms with E-state index < -0.39 is 23.1 Å². The lowest BCUT2D eigenvalue weighted by Crippen LogP contribution is -2.16. The molecule has 1 unspecified atom stereocenters. The largest absolute Gasteiger partial charge is 0.502 e. The number of benzene rings is 1. The molecule has 0 aliphatic heterocycles. The number of para-hydroxylation sites is 1. The fourth-order valence-corrected chi connectivity index (χ4v) is 3.97. The Kier molecular flexibility index (Phi) is 6.83. The number of thioether (sulfide) groups is 1. The first-order valence-electron chi connectivity index (χ1n) is 9.11. The van der Waals surface area contributed by atoms with Crippen molar-refractivity contribution >= 4 is 17.7 Å². The summed E-state index contributed by atoms with van der Waals surface area (Å²) in [6.45, 7) is 0. The number of carbonyl (C=O) groups is 1. The molecule has 30 heavy (non-hydrogen) atoms. The van der Waals surface area contributed by atoms with E-state index in [-0.39, 0.29) is 12.2 Å². The number of rotatable bonds is 8. The van der Waals surface area contributed by atoms with Crippen molar-refractivity contribution < 1.29 is 23.8 Å². The Balaban J connectivity index is 1.97. The Labute approximate surface area is 177 Å². The lowest BCUT2D eigenvalue weighted by molar-refractivity contribution is -0.141. The van der Waals surface area contributed by atoms with Gasteiger partial charge in [0.1, 0.15) is 11.5 Å². The summed E-state index contributed by atoms with van der Waals surface area (Å²) in [5.74, 6) is -0.351. The zero-order chi connectivity index (χ0) is 21.7. The van der Waals surface area contributed by atoms with Gasteiger partial charge in [-0.05, 0) is 18.2 Å². The first-order chi connectivity index (χ1) is 14.4. The van der Waals surface area contributed by atoms with Crippen LogP contribution in [0, 0.1) is 0 Å². The van der Waals surface area contributed by atoms with Crippen LogP contribution < -0.4 is 10.2 Å². The number of ether oxygens (including phenoxy) is 2. The van der Waals surface area contributed by atoms with Crippen LogP contribution >= 0.6 is 11.8 Å². The van der Waals surface area contributed by atoms with Crippen molar-refractivity contribution in [1.82, 2.24) is 9.78 Å². The molecule has 0 fully saturated rings. The highest BCUT2D eigenvalue weighted by atomic mass is 32.2. The van der Waals surface area contributed by atoms with Gasteiger partial charge in [0.05, 0.1) is 32.3 Å². The second-order valence-electron chi connectivity index (χ2n) is 6.44. The van der Waals surface area contributed by atoms with E-state index in [2.05, 4.69) is 5.10 Å². The molecule has 0 saturated heterocycles. The number of nitrogens with zero attached hydrogens (tertiary/aromatic N) is 2. The second kappa shape index (κ2) is 9.53. The Morgan fingerprint density at radius 2 is 2.07 bits per heavy atom. The van der Waals surface area contributed by atoms with Gasteiger partial charge in [-0.1, -0.05) is 12.1 Å². The molecule has 0 spiro atoms. The summed E-state index contributed by atoms with van der Waals surface area (Å²) in [6, 6.07) is 10.4. The topological polar surface area (TPSA) is 104 Å². The van der Waals surface area contributed by atoms with Gasteiger partial charge in [0, 0.05) is 29.9 Å². The zero-order valence-electron chi connectivity index (χ0n) is 16.8. The summed E-state index contributed by atoms with van der Waals surface area (Å²) >= 11 is 1.43. The minimum absolute atomic E-state index is 0.00660. The van der Waals surface area contributed by atoms with E-state index in [4.69, 9.17) is 13.9 Å². The number of hydrogen-bond acceptors (Lipinski definition) is 8. The average Bonchev–Trinajstić information content (AvgIpc) is 3.18. The molecular weight excluding hydrogens is 408 g/mol. The molecule has 2 aromatic heterocycles. The van der Waals surface area contributed by atoms with Crippen LogP contribution in [0.25, 0.3) is 0 Å². The molecular formula is C21H22N2O6S. The van der Waals surface area contributed by atoms with Gasteiger partial charge < -0.3 is 19.0 Å². The molecule has 9 heteroatoms.